The Hall–Kier alpha value is -2.38. The smallest absolute Gasteiger partial charge is 0.407 e. The van der Waals surface area contributed by atoms with Crippen LogP contribution in [0.2, 0.25) is 0 Å². The SMILES string of the molecule is CCOC(=O)N[C@H]1CS(=O)(=O)C[C@H]1NS(=O)(=O)c1ccc(OC)c(NC(C)=O)c1. The molecule has 0 aliphatic carbocycles. The van der Waals surface area contributed by atoms with Crippen molar-refractivity contribution in [1.29, 1.82) is 0 Å². The molecule has 1 aromatic carbocycles. The second kappa shape index (κ2) is 8.97. The van der Waals surface area contributed by atoms with Crippen LogP contribution in [0.5, 0.6) is 5.75 Å². The fourth-order valence-corrected chi connectivity index (χ4v) is 6.11. The van der Waals surface area contributed by atoms with E-state index in [9.17, 15) is 26.4 Å². The summed E-state index contributed by atoms with van der Waals surface area (Å²) in [6.45, 7) is 2.93. The van der Waals surface area contributed by atoms with Crippen LogP contribution in [0, 0.1) is 0 Å². The Labute approximate surface area is 169 Å². The standard InChI is InChI=1S/C16H23N3O8S2/c1-4-27-16(21)18-13-8-28(22,23)9-14(13)19-29(24,25)11-5-6-15(26-3)12(7-11)17-10(2)20/h5-7,13-14,19H,4,8-9H2,1-3H3,(H,17,20)(H,18,21)/t13-,14+/m0/s1. The molecule has 11 nitrogen and oxygen atoms in total. The number of sulfonamides is 1. The summed E-state index contributed by atoms with van der Waals surface area (Å²) in [5, 5.41) is 4.84. The number of amides is 2. The summed E-state index contributed by atoms with van der Waals surface area (Å²) in [6.07, 6.45) is -0.837. The van der Waals surface area contributed by atoms with Gasteiger partial charge in [0.2, 0.25) is 15.9 Å². The number of rotatable bonds is 7. The quantitative estimate of drug-likeness (QED) is 0.518. The van der Waals surface area contributed by atoms with Crippen molar-refractivity contribution >= 4 is 37.5 Å². The van der Waals surface area contributed by atoms with E-state index in [1.807, 2.05) is 0 Å². The van der Waals surface area contributed by atoms with Gasteiger partial charge in [0.05, 0.1) is 47.9 Å². The third-order valence-electron chi connectivity index (χ3n) is 4.03. The molecule has 0 saturated carbocycles. The van der Waals surface area contributed by atoms with Gasteiger partial charge in [-0.3, -0.25) is 4.79 Å². The maximum absolute atomic E-state index is 12.8. The molecule has 1 aromatic rings. The molecule has 0 aromatic heterocycles. The number of methoxy groups -OCH3 is 1. The van der Waals surface area contributed by atoms with E-state index in [0.29, 0.717) is 0 Å². The number of hydrogen-bond donors (Lipinski definition) is 3. The number of nitrogens with one attached hydrogen (secondary N) is 3. The summed E-state index contributed by atoms with van der Waals surface area (Å²) in [7, 11) is -6.38. The predicted molar refractivity (Wildman–Crippen MR) is 104 cm³/mol. The lowest BCUT2D eigenvalue weighted by atomic mass is 10.2. The Balaban J connectivity index is 2.28. The Morgan fingerprint density at radius 1 is 1.21 bits per heavy atom. The van der Waals surface area contributed by atoms with Crippen molar-refractivity contribution in [1.82, 2.24) is 10.0 Å². The fourth-order valence-electron chi connectivity index (χ4n) is 2.84. The van der Waals surface area contributed by atoms with Crippen LogP contribution in [0.15, 0.2) is 23.1 Å². The highest BCUT2D eigenvalue weighted by Gasteiger charge is 2.41. The molecule has 0 spiro atoms. The van der Waals surface area contributed by atoms with Crippen molar-refractivity contribution in [3.05, 3.63) is 18.2 Å². The van der Waals surface area contributed by atoms with Crippen LogP contribution in [0.1, 0.15) is 13.8 Å². The molecule has 13 heteroatoms. The van der Waals surface area contributed by atoms with Crippen LogP contribution in [-0.2, 0) is 29.4 Å². The van der Waals surface area contributed by atoms with Gasteiger partial charge in [0.1, 0.15) is 5.75 Å². The Kier molecular flexibility index (Phi) is 7.08. The first-order valence-corrected chi connectivity index (χ1v) is 11.9. The molecule has 162 valence electrons. The van der Waals surface area contributed by atoms with Crippen molar-refractivity contribution in [3.63, 3.8) is 0 Å². The van der Waals surface area contributed by atoms with Crippen LogP contribution in [-0.4, -0.2) is 66.1 Å². The number of anilines is 1. The summed E-state index contributed by atoms with van der Waals surface area (Å²) >= 11 is 0. The van der Waals surface area contributed by atoms with E-state index in [4.69, 9.17) is 9.47 Å². The number of alkyl carbamates (subject to hydrolysis) is 1. The zero-order chi connectivity index (χ0) is 21.8. The van der Waals surface area contributed by atoms with E-state index < -0.39 is 55.5 Å². The Bertz CT molecular complexity index is 991. The average Bonchev–Trinajstić information content (AvgIpc) is 2.86. The summed E-state index contributed by atoms with van der Waals surface area (Å²) in [6, 6.07) is 1.74. The van der Waals surface area contributed by atoms with Crippen LogP contribution in [0.25, 0.3) is 0 Å². The van der Waals surface area contributed by atoms with E-state index in [1.54, 1.807) is 6.92 Å². The first kappa shape index (κ1) is 22.9. The van der Waals surface area contributed by atoms with Crippen LogP contribution < -0.4 is 20.1 Å². The number of carbonyl (C=O) groups is 2. The van der Waals surface area contributed by atoms with Crippen LogP contribution in [0.3, 0.4) is 0 Å². The minimum Gasteiger partial charge on any atom is -0.495 e. The van der Waals surface area contributed by atoms with Gasteiger partial charge in [0, 0.05) is 6.92 Å². The minimum absolute atomic E-state index is 0.0828. The van der Waals surface area contributed by atoms with E-state index in [0.717, 1.165) is 0 Å². The molecule has 0 bridgehead atoms. The third-order valence-corrected chi connectivity index (χ3v) is 7.25. The van der Waals surface area contributed by atoms with E-state index in [-0.39, 0.29) is 22.9 Å². The Morgan fingerprint density at radius 2 is 1.86 bits per heavy atom. The lowest BCUT2D eigenvalue weighted by molar-refractivity contribution is -0.114. The monoisotopic (exact) mass is 449 g/mol. The van der Waals surface area contributed by atoms with Crippen molar-refractivity contribution in [2.75, 3.05) is 30.5 Å². The molecule has 2 atom stereocenters. The zero-order valence-electron chi connectivity index (χ0n) is 16.1. The molecule has 0 unspecified atom stereocenters. The molecule has 1 aliphatic heterocycles. The van der Waals surface area contributed by atoms with Gasteiger partial charge in [0.15, 0.2) is 9.84 Å². The average molecular weight is 450 g/mol. The summed E-state index contributed by atoms with van der Waals surface area (Å²) in [5.74, 6) is -1.06. The highest BCUT2D eigenvalue weighted by atomic mass is 32.2. The van der Waals surface area contributed by atoms with Crippen LogP contribution >= 0.6 is 0 Å². The summed E-state index contributed by atoms with van der Waals surface area (Å²) in [5.41, 5.74) is 0.142. The van der Waals surface area contributed by atoms with Gasteiger partial charge in [-0.25, -0.2) is 26.4 Å². The fraction of sp³-hybridized carbons (Fsp3) is 0.500. The highest BCUT2D eigenvalue weighted by Crippen LogP contribution is 2.28. The van der Waals surface area contributed by atoms with Crippen molar-refractivity contribution in [2.24, 2.45) is 0 Å². The van der Waals surface area contributed by atoms with Gasteiger partial charge in [-0.15, -0.1) is 0 Å². The topological polar surface area (TPSA) is 157 Å². The molecule has 2 amide bonds. The van der Waals surface area contributed by atoms with Gasteiger partial charge in [-0.2, -0.15) is 0 Å². The number of carbonyl (C=O) groups excluding carboxylic acids is 2. The molecule has 1 heterocycles. The van der Waals surface area contributed by atoms with E-state index in [1.165, 1.54) is 32.2 Å². The molecule has 1 saturated heterocycles. The molecule has 29 heavy (non-hydrogen) atoms. The normalized spacial score (nSPS) is 20.7. The van der Waals surface area contributed by atoms with Crippen molar-refractivity contribution in [2.45, 2.75) is 30.8 Å². The lowest BCUT2D eigenvalue weighted by Crippen LogP contribution is -2.51. The molecular weight excluding hydrogens is 426 g/mol. The lowest BCUT2D eigenvalue weighted by Gasteiger charge is -2.20. The highest BCUT2D eigenvalue weighted by molar-refractivity contribution is 7.92. The summed E-state index contributed by atoms with van der Waals surface area (Å²) < 4.78 is 61.7. The van der Waals surface area contributed by atoms with Gasteiger partial charge >= 0.3 is 6.09 Å². The van der Waals surface area contributed by atoms with Gasteiger partial charge in [-0.1, -0.05) is 0 Å². The number of sulfone groups is 1. The van der Waals surface area contributed by atoms with Gasteiger partial charge in [-0.05, 0) is 25.1 Å². The molecule has 1 fully saturated rings. The van der Waals surface area contributed by atoms with Gasteiger partial charge in [0.25, 0.3) is 0 Å². The van der Waals surface area contributed by atoms with Gasteiger partial charge < -0.3 is 20.1 Å². The first-order chi connectivity index (χ1) is 13.5. The molecule has 1 aliphatic rings. The maximum Gasteiger partial charge on any atom is 0.407 e. The second-order valence-corrected chi connectivity index (χ2v) is 10.2. The first-order valence-electron chi connectivity index (χ1n) is 8.59. The number of benzene rings is 1. The third kappa shape index (κ3) is 6.05. The largest absolute Gasteiger partial charge is 0.495 e. The maximum atomic E-state index is 12.8. The molecular formula is C16H23N3O8S2. The second-order valence-electron chi connectivity index (χ2n) is 6.32. The predicted octanol–water partition coefficient (Wildman–Crippen LogP) is -0.156. The number of hydrogen-bond acceptors (Lipinski definition) is 8. The van der Waals surface area contributed by atoms with Crippen LogP contribution in [0.4, 0.5) is 10.5 Å². The molecule has 3 N–H and O–H groups in total. The Morgan fingerprint density at radius 3 is 2.45 bits per heavy atom. The van der Waals surface area contributed by atoms with E-state index >= 15 is 0 Å². The van der Waals surface area contributed by atoms with Crippen molar-refractivity contribution < 1.29 is 35.9 Å². The summed E-state index contributed by atoms with van der Waals surface area (Å²) in [4.78, 5) is 22.8. The van der Waals surface area contributed by atoms with E-state index in [2.05, 4.69) is 15.4 Å². The zero-order valence-corrected chi connectivity index (χ0v) is 17.7. The molecule has 2 rings (SSSR count). The minimum atomic E-state index is -4.17. The van der Waals surface area contributed by atoms with Crippen molar-refractivity contribution in [3.8, 4) is 5.75 Å². The number of ether oxygens (including phenoxy) is 2. The molecule has 0 radical (unpaired) electrons.